The van der Waals surface area contributed by atoms with Crippen molar-refractivity contribution in [3.63, 3.8) is 0 Å². The Kier molecular flexibility index (Phi) is 6.08. The molecule has 2 rings (SSSR count). The van der Waals surface area contributed by atoms with E-state index in [1.165, 1.54) is 6.07 Å². The Bertz CT molecular complexity index is 757. The molecule has 0 aliphatic rings. The first-order valence-corrected chi connectivity index (χ1v) is 11.5. The first-order valence-electron chi connectivity index (χ1n) is 8.57. The average molecular weight is 376 g/mol. The maximum Gasteiger partial charge on any atom is 0.412 e. The summed E-state index contributed by atoms with van der Waals surface area (Å²) < 4.78 is 25.5. The minimum absolute atomic E-state index is 0.0326. The number of ether oxygens (including phenoxy) is 1. The molecule has 1 amide bonds. The minimum Gasteiger partial charge on any atom is -0.543 e. The summed E-state index contributed by atoms with van der Waals surface area (Å²) in [4.78, 5) is 11.8. The van der Waals surface area contributed by atoms with Crippen molar-refractivity contribution in [2.45, 2.75) is 45.4 Å². The van der Waals surface area contributed by atoms with Gasteiger partial charge in [-0.25, -0.2) is 9.18 Å². The Morgan fingerprint density at radius 2 is 1.73 bits per heavy atom. The van der Waals surface area contributed by atoms with Crippen LogP contribution in [0.4, 0.5) is 9.18 Å². The van der Waals surface area contributed by atoms with Gasteiger partial charge in [-0.05, 0) is 36.3 Å². The van der Waals surface area contributed by atoms with Crippen LogP contribution in [-0.2, 0) is 6.54 Å². The van der Waals surface area contributed by atoms with Crippen LogP contribution >= 0.6 is 0 Å². The molecule has 140 valence electrons. The maximum absolute atomic E-state index is 14.3. The van der Waals surface area contributed by atoms with Crippen molar-refractivity contribution in [3.05, 3.63) is 59.9 Å². The van der Waals surface area contributed by atoms with E-state index in [-0.39, 0.29) is 11.6 Å². The first kappa shape index (κ1) is 20.0. The fourth-order valence-corrected chi connectivity index (χ4v) is 3.00. The molecule has 6 heteroatoms. The summed E-state index contributed by atoms with van der Waals surface area (Å²) in [5, 5.41) is 2.58. The summed E-state index contributed by atoms with van der Waals surface area (Å²) in [7, 11) is -2.02. The Morgan fingerprint density at radius 3 is 2.31 bits per heavy atom. The van der Waals surface area contributed by atoms with Gasteiger partial charge in [0.2, 0.25) is 8.32 Å². The van der Waals surface area contributed by atoms with Gasteiger partial charge in [-0.15, -0.1) is 0 Å². The number of halogens is 1. The lowest BCUT2D eigenvalue weighted by atomic mass is 10.2. The molecule has 0 radical (unpaired) electrons. The Balaban J connectivity index is 1.96. The number of hydrogen-bond acceptors (Lipinski definition) is 3. The van der Waals surface area contributed by atoms with Crippen LogP contribution in [0.2, 0.25) is 18.1 Å². The van der Waals surface area contributed by atoms with Crippen LogP contribution < -0.4 is 14.5 Å². The predicted molar refractivity (Wildman–Crippen MR) is 104 cm³/mol. The van der Waals surface area contributed by atoms with Crippen LogP contribution in [-0.4, -0.2) is 14.4 Å². The normalized spacial score (nSPS) is 11.8. The molecule has 4 nitrogen and oxygen atoms in total. The summed E-state index contributed by atoms with van der Waals surface area (Å²) in [5.41, 5.74) is 0.373. The van der Waals surface area contributed by atoms with E-state index >= 15 is 0 Å². The number of rotatable bonds is 5. The van der Waals surface area contributed by atoms with Crippen molar-refractivity contribution < 1.29 is 18.3 Å². The zero-order valence-electron chi connectivity index (χ0n) is 15.9. The summed E-state index contributed by atoms with van der Waals surface area (Å²) in [6.07, 6.45) is -0.628. The largest absolute Gasteiger partial charge is 0.543 e. The summed E-state index contributed by atoms with van der Waals surface area (Å²) >= 11 is 0. The number of carbonyl (C=O) groups is 1. The van der Waals surface area contributed by atoms with Crippen molar-refractivity contribution in [1.82, 2.24) is 5.32 Å². The molecule has 0 unspecified atom stereocenters. The molecule has 0 saturated heterocycles. The number of carbonyl (C=O) groups excluding carboxylic acids is 1. The quantitative estimate of drug-likeness (QED) is 0.702. The van der Waals surface area contributed by atoms with Gasteiger partial charge in [0.25, 0.3) is 0 Å². The number of para-hydroxylation sites is 1. The van der Waals surface area contributed by atoms with Gasteiger partial charge in [0, 0.05) is 18.2 Å². The molecule has 0 atom stereocenters. The topological polar surface area (TPSA) is 47.6 Å². The van der Waals surface area contributed by atoms with Gasteiger partial charge in [0.1, 0.15) is 17.3 Å². The summed E-state index contributed by atoms with van der Waals surface area (Å²) in [5.74, 6) is 0.537. The van der Waals surface area contributed by atoms with E-state index in [1.54, 1.807) is 36.4 Å². The molecule has 0 saturated carbocycles. The monoisotopic (exact) mass is 375 g/mol. The van der Waals surface area contributed by atoms with Crippen molar-refractivity contribution in [3.8, 4) is 11.5 Å². The molecule has 26 heavy (non-hydrogen) atoms. The number of amides is 1. The van der Waals surface area contributed by atoms with E-state index < -0.39 is 20.2 Å². The third-order valence-corrected chi connectivity index (χ3v) is 8.94. The van der Waals surface area contributed by atoms with Gasteiger partial charge >= 0.3 is 6.09 Å². The van der Waals surface area contributed by atoms with Gasteiger partial charge in [-0.1, -0.05) is 45.0 Å². The molecule has 0 fully saturated rings. The fraction of sp³-hybridized carbons (Fsp3) is 0.350. The van der Waals surface area contributed by atoms with Crippen molar-refractivity contribution in [2.75, 3.05) is 0 Å². The number of hydrogen-bond donors (Lipinski definition) is 1. The lowest BCUT2D eigenvalue weighted by Gasteiger charge is -2.36. The van der Waals surface area contributed by atoms with Crippen LogP contribution in [0.1, 0.15) is 26.3 Å². The predicted octanol–water partition coefficient (Wildman–Crippen LogP) is 5.50. The molecule has 2 aromatic carbocycles. The molecule has 0 bridgehead atoms. The van der Waals surface area contributed by atoms with E-state index in [4.69, 9.17) is 9.16 Å². The highest BCUT2D eigenvalue weighted by molar-refractivity contribution is 6.74. The van der Waals surface area contributed by atoms with E-state index in [0.29, 0.717) is 17.1 Å². The molecule has 1 N–H and O–H groups in total. The third-order valence-electron chi connectivity index (χ3n) is 4.58. The number of nitrogens with one attached hydrogen (secondary N) is 1. The van der Waals surface area contributed by atoms with Crippen LogP contribution in [0, 0.1) is 5.82 Å². The average Bonchev–Trinajstić information content (AvgIpc) is 2.53. The standard InChI is InChI=1S/C20H26FNO3Si/c1-20(2,3)26(4,5)25-17-12-11-15(18(21)13-17)14-22-19(23)24-16-9-7-6-8-10-16/h6-13H,14H2,1-5H3,(H,22,23). The van der Waals surface area contributed by atoms with Crippen molar-refractivity contribution in [2.24, 2.45) is 0 Å². The molecular weight excluding hydrogens is 349 g/mol. The second-order valence-electron chi connectivity index (χ2n) is 7.67. The molecule has 0 aliphatic heterocycles. The molecule has 2 aromatic rings. The Morgan fingerprint density at radius 1 is 1.08 bits per heavy atom. The molecule has 0 aliphatic carbocycles. The van der Waals surface area contributed by atoms with Gasteiger partial charge in [0.15, 0.2) is 0 Å². The first-order chi connectivity index (χ1) is 12.1. The van der Waals surface area contributed by atoms with E-state index in [0.717, 1.165) is 0 Å². The van der Waals surface area contributed by atoms with E-state index in [1.807, 2.05) is 6.07 Å². The van der Waals surface area contributed by atoms with Crippen LogP contribution in [0.3, 0.4) is 0 Å². The van der Waals surface area contributed by atoms with Gasteiger partial charge in [0.05, 0.1) is 0 Å². The smallest absolute Gasteiger partial charge is 0.412 e. The lowest BCUT2D eigenvalue weighted by Crippen LogP contribution is -2.43. The molecular formula is C20H26FNO3Si. The summed E-state index contributed by atoms with van der Waals surface area (Å²) in [6, 6.07) is 13.4. The van der Waals surface area contributed by atoms with Gasteiger partial charge < -0.3 is 14.5 Å². The van der Waals surface area contributed by atoms with Crippen LogP contribution in [0.5, 0.6) is 11.5 Å². The lowest BCUT2D eigenvalue weighted by molar-refractivity contribution is 0.200. The van der Waals surface area contributed by atoms with E-state index in [9.17, 15) is 9.18 Å². The zero-order chi connectivity index (χ0) is 19.4. The Hall–Kier alpha value is -2.34. The Labute approximate surface area is 155 Å². The van der Waals surface area contributed by atoms with Crippen LogP contribution in [0.25, 0.3) is 0 Å². The third kappa shape index (κ3) is 5.33. The van der Waals surface area contributed by atoms with Crippen molar-refractivity contribution >= 4 is 14.4 Å². The molecule has 0 heterocycles. The second kappa shape index (κ2) is 7.91. The summed E-state index contributed by atoms with van der Waals surface area (Å²) in [6.45, 7) is 10.7. The van der Waals surface area contributed by atoms with Crippen molar-refractivity contribution in [1.29, 1.82) is 0 Å². The SMILES string of the molecule is CC(C)(C)[Si](C)(C)Oc1ccc(CNC(=O)Oc2ccccc2)c(F)c1. The minimum atomic E-state index is -2.02. The second-order valence-corrected chi connectivity index (χ2v) is 12.4. The number of benzene rings is 2. The zero-order valence-corrected chi connectivity index (χ0v) is 16.9. The highest BCUT2D eigenvalue weighted by Gasteiger charge is 2.39. The van der Waals surface area contributed by atoms with Gasteiger partial charge in [-0.3, -0.25) is 0 Å². The maximum atomic E-state index is 14.3. The highest BCUT2D eigenvalue weighted by atomic mass is 28.4. The van der Waals surface area contributed by atoms with E-state index in [2.05, 4.69) is 39.2 Å². The van der Waals surface area contributed by atoms with Gasteiger partial charge in [-0.2, -0.15) is 0 Å². The fourth-order valence-electron chi connectivity index (χ4n) is 1.98. The molecule has 0 spiro atoms. The molecule has 0 aromatic heterocycles. The highest BCUT2D eigenvalue weighted by Crippen LogP contribution is 2.37. The van der Waals surface area contributed by atoms with Crippen LogP contribution in [0.15, 0.2) is 48.5 Å².